The van der Waals surface area contributed by atoms with E-state index in [1.54, 1.807) is 0 Å². The van der Waals surface area contributed by atoms with Crippen molar-refractivity contribution in [1.29, 1.82) is 0 Å². The Morgan fingerprint density at radius 2 is 1.75 bits per heavy atom. The quantitative estimate of drug-likeness (QED) is 0.676. The van der Waals surface area contributed by atoms with Crippen molar-refractivity contribution in [2.75, 3.05) is 0 Å². The minimum Gasteiger partial charge on any atom is -0.304 e. The Bertz CT molecular complexity index is 601. The first-order chi connectivity index (χ1) is 9.47. The first-order valence-electron chi connectivity index (χ1n) is 6.44. The van der Waals surface area contributed by atoms with Crippen molar-refractivity contribution in [3.8, 4) is 0 Å². The molecule has 0 amide bonds. The van der Waals surface area contributed by atoms with Gasteiger partial charge >= 0.3 is 0 Å². The van der Waals surface area contributed by atoms with Gasteiger partial charge in [-0.25, -0.2) is 0 Å². The lowest BCUT2D eigenvalue weighted by Gasteiger charge is -2.22. The summed E-state index contributed by atoms with van der Waals surface area (Å²) in [5.74, 6) is 0. The average molecular weight is 373 g/mol. The van der Waals surface area contributed by atoms with Crippen LogP contribution in [0.1, 0.15) is 37.1 Å². The van der Waals surface area contributed by atoms with Gasteiger partial charge in [-0.3, -0.25) is 0 Å². The second-order valence-electron chi connectivity index (χ2n) is 4.83. The molecule has 2 rings (SSSR count). The lowest BCUT2D eigenvalue weighted by molar-refractivity contribution is 0.495. The zero-order valence-corrected chi connectivity index (χ0v) is 14.4. The van der Waals surface area contributed by atoms with Crippen LogP contribution in [0, 0.1) is 0 Å². The van der Waals surface area contributed by atoms with Crippen molar-refractivity contribution in [2.45, 2.75) is 25.9 Å². The second-order valence-corrected chi connectivity index (χ2v) is 6.59. The van der Waals surface area contributed by atoms with Crippen LogP contribution in [0.4, 0.5) is 0 Å². The molecule has 0 aliphatic carbocycles. The number of benzene rings is 2. The smallest absolute Gasteiger partial charge is 0.0464 e. The highest BCUT2D eigenvalue weighted by atomic mass is 79.9. The van der Waals surface area contributed by atoms with Crippen molar-refractivity contribution in [3.05, 3.63) is 68.1 Å². The molecule has 0 saturated heterocycles. The highest BCUT2D eigenvalue weighted by Crippen LogP contribution is 2.28. The normalized spacial score (nSPS) is 14.1. The van der Waals surface area contributed by atoms with Crippen LogP contribution in [-0.4, -0.2) is 0 Å². The predicted molar refractivity (Wildman–Crippen MR) is 90.6 cm³/mol. The maximum Gasteiger partial charge on any atom is 0.0464 e. The number of hydrogen-bond acceptors (Lipinski definition) is 1. The van der Waals surface area contributed by atoms with E-state index in [1.165, 1.54) is 0 Å². The van der Waals surface area contributed by atoms with Gasteiger partial charge in [-0.1, -0.05) is 57.3 Å². The summed E-state index contributed by atoms with van der Waals surface area (Å²) in [6, 6.07) is 14.2. The molecule has 0 aliphatic heterocycles. The highest BCUT2D eigenvalue weighted by molar-refractivity contribution is 9.10. The van der Waals surface area contributed by atoms with Crippen LogP contribution in [-0.2, 0) is 0 Å². The molecule has 0 spiro atoms. The van der Waals surface area contributed by atoms with Crippen LogP contribution < -0.4 is 5.32 Å². The van der Waals surface area contributed by atoms with E-state index in [2.05, 4.69) is 41.2 Å². The van der Waals surface area contributed by atoms with E-state index in [4.69, 9.17) is 23.2 Å². The molecule has 1 nitrogen and oxygen atoms in total. The van der Waals surface area contributed by atoms with E-state index in [0.29, 0.717) is 0 Å². The zero-order valence-electron chi connectivity index (χ0n) is 11.3. The van der Waals surface area contributed by atoms with Gasteiger partial charge in [0.25, 0.3) is 0 Å². The molecule has 0 bridgehead atoms. The molecular weight excluding hydrogens is 357 g/mol. The Labute approximate surface area is 138 Å². The number of halogens is 3. The third-order valence-electron chi connectivity index (χ3n) is 3.28. The molecule has 2 atom stereocenters. The molecule has 106 valence electrons. The molecule has 4 heteroatoms. The summed E-state index contributed by atoms with van der Waals surface area (Å²) in [5, 5.41) is 5.06. The molecule has 0 aliphatic rings. The summed E-state index contributed by atoms with van der Waals surface area (Å²) in [6.07, 6.45) is 0. The van der Waals surface area contributed by atoms with E-state index in [9.17, 15) is 0 Å². The van der Waals surface area contributed by atoms with Crippen LogP contribution in [0.2, 0.25) is 10.0 Å². The lowest BCUT2D eigenvalue weighted by Crippen LogP contribution is -2.22. The highest BCUT2D eigenvalue weighted by Gasteiger charge is 2.14. The van der Waals surface area contributed by atoms with Gasteiger partial charge in [0.1, 0.15) is 0 Å². The summed E-state index contributed by atoms with van der Waals surface area (Å²) in [4.78, 5) is 0. The van der Waals surface area contributed by atoms with Gasteiger partial charge in [-0.05, 0) is 49.2 Å². The van der Waals surface area contributed by atoms with Gasteiger partial charge in [-0.15, -0.1) is 0 Å². The molecule has 0 fully saturated rings. The number of nitrogens with one attached hydrogen (secondary N) is 1. The molecule has 20 heavy (non-hydrogen) atoms. The summed E-state index contributed by atoms with van der Waals surface area (Å²) in [7, 11) is 0. The minimum atomic E-state index is 0.157. The molecule has 2 aromatic rings. The first kappa shape index (κ1) is 15.8. The van der Waals surface area contributed by atoms with E-state index in [-0.39, 0.29) is 12.1 Å². The third-order valence-corrected chi connectivity index (χ3v) is 4.33. The van der Waals surface area contributed by atoms with Crippen LogP contribution in [0.25, 0.3) is 0 Å². The van der Waals surface area contributed by atoms with Gasteiger partial charge in [0.2, 0.25) is 0 Å². The van der Waals surface area contributed by atoms with Crippen molar-refractivity contribution >= 4 is 39.1 Å². The molecular formula is C16H16BrCl2N. The SMILES string of the molecule is CC(N[C@@H](C)c1cccc(Cl)c1)c1ccc(Br)cc1Cl. The zero-order chi connectivity index (χ0) is 14.7. The second kappa shape index (κ2) is 6.95. The standard InChI is InChI=1S/C16H16BrCl2N/c1-10(12-4-3-5-14(18)8-12)20-11(2)15-7-6-13(17)9-16(15)19/h3-11,20H,1-2H3/t10-,11?/m0/s1. The molecule has 0 radical (unpaired) electrons. The van der Waals surface area contributed by atoms with Gasteiger partial charge in [0, 0.05) is 26.6 Å². The molecule has 1 N–H and O–H groups in total. The Morgan fingerprint density at radius 1 is 1.00 bits per heavy atom. The van der Waals surface area contributed by atoms with Crippen molar-refractivity contribution in [3.63, 3.8) is 0 Å². The first-order valence-corrected chi connectivity index (χ1v) is 7.98. The molecule has 2 aromatic carbocycles. The monoisotopic (exact) mass is 371 g/mol. The molecule has 0 saturated carbocycles. The van der Waals surface area contributed by atoms with Crippen LogP contribution >= 0.6 is 39.1 Å². The van der Waals surface area contributed by atoms with Gasteiger partial charge < -0.3 is 5.32 Å². The Kier molecular flexibility index (Phi) is 5.50. The van der Waals surface area contributed by atoms with E-state index < -0.39 is 0 Å². The Hall–Kier alpha value is -0.540. The third kappa shape index (κ3) is 3.98. The topological polar surface area (TPSA) is 12.0 Å². The molecule has 0 heterocycles. The van der Waals surface area contributed by atoms with E-state index in [0.717, 1.165) is 25.6 Å². The largest absolute Gasteiger partial charge is 0.304 e. The fraction of sp³-hybridized carbons (Fsp3) is 0.250. The van der Waals surface area contributed by atoms with Crippen LogP contribution in [0.5, 0.6) is 0 Å². The van der Waals surface area contributed by atoms with E-state index >= 15 is 0 Å². The average Bonchev–Trinajstić information content (AvgIpc) is 2.38. The van der Waals surface area contributed by atoms with Crippen molar-refractivity contribution in [2.24, 2.45) is 0 Å². The number of rotatable bonds is 4. The summed E-state index contributed by atoms with van der Waals surface area (Å²) < 4.78 is 0.987. The van der Waals surface area contributed by atoms with E-state index in [1.807, 2.05) is 36.4 Å². The summed E-state index contributed by atoms with van der Waals surface area (Å²) in [6.45, 7) is 4.23. The van der Waals surface area contributed by atoms with Crippen molar-refractivity contribution < 1.29 is 0 Å². The summed E-state index contributed by atoms with van der Waals surface area (Å²) >= 11 is 15.7. The van der Waals surface area contributed by atoms with Crippen LogP contribution in [0.3, 0.4) is 0 Å². The predicted octanol–water partition coefficient (Wildman–Crippen LogP) is 6.17. The maximum atomic E-state index is 6.29. The molecule has 1 unspecified atom stereocenters. The lowest BCUT2D eigenvalue weighted by atomic mass is 10.0. The number of hydrogen-bond donors (Lipinski definition) is 1. The minimum absolute atomic E-state index is 0.157. The van der Waals surface area contributed by atoms with Gasteiger partial charge in [-0.2, -0.15) is 0 Å². The summed E-state index contributed by atoms with van der Waals surface area (Å²) in [5.41, 5.74) is 2.25. The maximum absolute atomic E-state index is 6.29. The molecule has 0 aromatic heterocycles. The fourth-order valence-corrected chi connectivity index (χ4v) is 3.23. The van der Waals surface area contributed by atoms with Crippen LogP contribution in [0.15, 0.2) is 46.9 Å². The fourth-order valence-electron chi connectivity index (χ4n) is 2.19. The van der Waals surface area contributed by atoms with Gasteiger partial charge in [0.15, 0.2) is 0 Å². The Morgan fingerprint density at radius 3 is 2.40 bits per heavy atom. The van der Waals surface area contributed by atoms with Crippen molar-refractivity contribution in [1.82, 2.24) is 5.32 Å². The van der Waals surface area contributed by atoms with Gasteiger partial charge in [0.05, 0.1) is 0 Å². The Balaban J connectivity index is 2.12.